The molecule has 1 aliphatic heterocycles. The van der Waals surface area contributed by atoms with Crippen molar-refractivity contribution in [2.24, 2.45) is 13.0 Å². The number of rotatable bonds is 4. The van der Waals surface area contributed by atoms with E-state index in [1.165, 1.54) is 0 Å². The molecule has 1 N–H and O–H groups in total. The SMILES string of the molecule is COc1ccc(C(=O)N2CCC(C(O)c3nccn3C)CC2)cc1. The normalized spacial score (nSPS) is 16.9. The summed E-state index contributed by atoms with van der Waals surface area (Å²) in [5.74, 6) is 1.59. The van der Waals surface area contributed by atoms with Crippen molar-refractivity contribution in [1.82, 2.24) is 14.5 Å². The van der Waals surface area contributed by atoms with Crippen LogP contribution in [0.1, 0.15) is 35.1 Å². The number of carbonyl (C=O) groups excluding carboxylic acids is 1. The van der Waals surface area contributed by atoms with Gasteiger partial charge in [0.2, 0.25) is 0 Å². The molecule has 0 bridgehead atoms. The molecule has 24 heavy (non-hydrogen) atoms. The molecule has 1 amide bonds. The van der Waals surface area contributed by atoms with E-state index in [9.17, 15) is 9.90 Å². The summed E-state index contributed by atoms with van der Waals surface area (Å²) in [6.07, 6.45) is 4.50. The average Bonchev–Trinajstić information content (AvgIpc) is 3.06. The van der Waals surface area contributed by atoms with E-state index in [1.54, 1.807) is 37.6 Å². The lowest BCUT2D eigenvalue weighted by Crippen LogP contribution is -2.40. The Morgan fingerprint density at radius 3 is 2.50 bits per heavy atom. The van der Waals surface area contributed by atoms with Crippen molar-refractivity contribution >= 4 is 5.91 Å². The third-order valence-electron chi connectivity index (χ3n) is 4.73. The Hall–Kier alpha value is -2.34. The molecule has 1 aliphatic rings. The quantitative estimate of drug-likeness (QED) is 0.932. The van der Waals surface area contributed by atoms with Gasteiger partial charge in [-0.1, -0.05) is 0 Å². The Morgan fingerprint density at radius 1 is 1.29 bits per heavy atom. The molecule has 3 rings (SSSR count). The second-order valence-corrected chi connectivity index (χ2v) is 6.20. The highest BCUT2D eigenvalue weighted by Gasteiger charge is 2.30. The molecule has 1 aromatic carbocycles. The highest BCUT2D eigenvalue weighted by atomic mass is 16.5. The number of hydrogen-bond acceptors (Lipinski definition) is 4. The number of carbonyl (C=O) groups is 1. The lowest BCUT2D eigenvalue weighted by molar-refractivity contribution is 0.0420. The third-order valence-corrected chi connectivity index (χ3v) is 4.73. The fraction of sp³-hybridized carbons (Fsp3) is 0.444. The van der Waals surface area contributed by atoms with Crippen LogP contribution in [0.5, 0.6) is 5.75 Å². The Labute approximate surface area is 141 Å². The molecular weight excluding hydrogens is 306 g/mol. The van der Waals surface area contributed by atoms with E-state index in [-0.39, 0.29) is 11.8 Å². The summed E-state index contributed by atoms with van der Waals surface area (Å²) in [5, 5.41) is 10.5. The zero-order valence-corrected chi connectivity index (χ0v) is 14.1. The summed E-state index contributed by atoms with van der Waals surface area (Å²) < 4.78 is 6.97. The molecule has 2 heterocycles. The lowest BCUT2D eigenvalue weighted by atomic mass is 9.90. The molecule has 1 unspecified atom stereocenters. The molecule has 0 radical (unpaired) electrons. The number of ether oxygens (including phenoxy) is 1. The van der Waals surface area contributed by atoms with Gasteiger partial charge < -0.3 is 19.3 Å². The minimum atomic E-state index is -0.580. The van der Waals surface area contributed by atoms with Crippen LogP contribution in [0.3, 0.4) is 0 Å². The van der Waals surface area contributed by atoms with Gasteiger partial charge >= 0.3 is 0 Å². The number of methoxy groups -OCH3 is 1. The van der Waals surface area contributed by atoms with E-state index in [1.807, 2.05) is 22.7 Å². The van der Waals surface area contributed by atoms with Gasteiger partial charge in [-0.3, -0.25) is 4.79 Å². The number of piperidine rings is 1. The number of benzene rings is 1. The monoisotopic (exact) mass is 329 g/mol. The lowest BCUT2D eigenvalue weighted by Gasteiger charge is -2.34. The van der Waals surface area contributed by atoms with E-state index in [2.05, 4.69) is 4.98 Å². The first kappa shape index (κ1) is 16.5. The summed E-state index contributed by atoms with van der Waals surface area (Å²) in [4.78, 5) is 18.6. The number of likely N-dealkylation sites (tertiary alicyclic amines) is 1. The number of aryl methyl sites for hydroxylation is 1. The molecule has 6 nitrogen and oxygen atoms in total. The van der Waals surface area contributed by atoms with Crippen LogP contribution in [0.25, 0.3) is 0 Å². The van der Waals surface area contributed by atoms with Gasteiger partial charge in [-0.15, -0.1) is 0 Å². The summed E-state index contributed by atoms with van der Waals surface area (Å²) in [5.41, 5.74) is 0.666. The van der Waals surface area contributed by atoms with Crippen LogP contribution < -0.4 is 4.74 Å². The number of amides is 1. The fourth-order valence-corrected chi connectivity index (χ4v) is 3.21. The van der Waals surface area contributed by atoms with Gasteiger partial charge in [0.1, 0.15) is 17.7 Å². The van der Waals surface area contributed by atoms with Gasteiger partial charge in [0, 0.05) is 38.1 Å². The predicted molar refractivity (Wildman–Crippen MR) is 89.8 cm³/mol. The number of imidazole rings is 1. The molecular formula is C18H23N3O3. The van der Waals surface area contributed by atoms with Crippen molar-refractivity contribution < 1.29 is 14.6 Å². The largest absolute Gasteiger partial charge is 0.497 e. The van der Waals surface area contributed by atoms with E-state index in [0.717, 1.165) is 18.6 Å². The summed E-state index contributed by atoms with van der Waals surface area (Å²) in [6.45, 7) is 1.30. The number of aromatic nitrogens is 2. The van der Waals surface area contributed by atoms with Crippen LogP contribution in [-0.4, -0.2) is 45.7 Å². The van der Waals surface area contributed by atoms with E-state index in [4.69, 9.17) is 4.74 Å². The minimum absolute atomic E-state index is 0.0302. The van der Waals surface area contributed by atoms with Crippen LogP contribution in [0.4, 0.5) is 0 Å². The van der Waals surface area contributed by atoms with Crippen molar-refractivity contribution in [2.45, 2.75) is 18.9 Å². The second kappa shape index (κ2) is 7.05. The molecule has 1 saturated heterocycles. The van der Waals surface area contributed by atoms with Gasteiger partial charge in [0.25, 0.3) is 5.91 Å². The smallest absolute Gasteiger partial charge is 0.253 e. The third kappa shape index (κ3) is 3.28. The molecule has 0 saturated carbocycles. The maximum atomic E-state index is 12.6. The fourth-order valence-electron chi connectivity index (χ4n) is 3.21. The van der Waals surface area contributed by atoms with E-state index < -0.39 is 6.10 Å². The van der Waals surface area contributed by atoms with Crippen LogP contribution in [0.2, 0.25) is 0 Å². The van der Waals surface area contributed by atoms with Crippen LogP contribution in [0.15, 0.2) is 36.7 Å². The first-order chi connectivity index (χ1) is 11.6. The van der Waals surface area contributed by atoms with E-state index in [0.29, 0.717) is 24.5 Å². The minimum Gasteiger partial charge on any atom is -0.497 e. The van der Waals surface area contributed by atoms with Crippen molar-refractivity contribution in [2.75, 3.05) is 20.2 Å². The van der Waals surface area contributed by atoms with Gasteiger partial charge in [-0.25, -0.2) is 4.98 Å². The van der Waals surface area contributed by atoms with E-state index >= 15 is 0 Å². The zero-order valence-electron chi connectivity index (χ0n) is 14.1. The second-order valence-electron chi connectivity index (χ2n) is 6.20. The van der Waals surface area contributed by atoms with Gasteiger partial charge in [0.15, 0.2) is 0 Å². The average molecular weight is 329 g/mol. The molecule has 128 valence electrons. The summed E-state index contributed by atoms with van der Waals surface area (Å²) >= 11 is 0. The zero-order chi connectivity index (χ0) is 17.1. The predicted octanol–water partition coefficient (Wildman–Crippen LogP) is 2.01. The van der Waals surface area contributed by atoms with Crippen molar-refractivity contribution in [1.29, 1.82) is 0 Å². The van der Waals surface area contributed by atoms with Crippen LogP contribution in [-0.2, 0) is 7.05 Å². The Bertz CT molecular complexity index is 688. The van der Waals surface area contributed by atoms with Crippen molar-refractivity contribution in [3.05, 3.63) is 48.0 Å². The van der Waals surface area contributed by atoms with Crippen molar-refractivity contribution in [3.8, 4) is 5.75 Å². The molecule has 1 atom stereocenters. The summed E-state index contributed by atoms with van der Waals surface area (Å²) in [7, 11) is 3.49. The summed E-state index contributed by atoms with van der Waals surface area (Å²) in [6, 6.07) is 7.17. The Kier molecular flexibility index (Phi) is 4.85. The molecule has 0 spiro atoms. The number of nitrogens with zero attached hydrogens (tertiary/aromatic N) is 3. The number of aliphatic hydroxyl groups excluding tert-OH is 1. The Morgan fingerprint density at radius 2 is 1.96 bits per heavy atom. The maximum Gasteiger partial charge on any atom is 0.253 e. The molecule has 1 fully saturated rings. The molecule has 0 aliphatic carbocycles. The topological polar surface area (TPSA) is 67.6 Å². The first-order valence-corrected chi connectivity index (χ1v) is 8.18. The first-order valence-electron chi connectivity index (χ1n) is 8.18. The van der Waals surface area contributed by atoms with Crippen LogP contribution >= 0.6 is 0 Å². The number of hydrogen-bond donors (Lipinski definition) is 1. The van der Waals surface area contributed by atoms with Gasteiger partial charge in [-0.2, -0.15) is 0 Å². The standard InChI is InChI=1S/C18H23N3O3/c1-20-12-9-19-17(20)16(22)13-7-10-21(11-8-13)18(23)14-3-5-15(24-2)6-4-14/h3-6,9,12-13,16,22H,7-8,10-11H2,1-2H3. The maximum absolute atomic E-state index is 12.6. The highest BCUT2D eigenvalue weighted by Crippen LogP contribution is 2.30. The Balaban J connectivity index is 1.60. The van der Waals surface area contributed by atoms with Gasteiger partial charge in [0.05, 0.1) is 7.11 Å². The molecule has 2 aromatic rings. The molecule has 1 aromatic heterocycles. The highest BCUT2D eigenvalue weighted by molar-refractivity contribution is 5.94. The molecule has 6 heteroatoms. The van der Waals surface area contributed by atoms with Crippen LogP contribution in [0, 0.1) is 5.92 Å². The van der Waals surface area contributed by atoms with Gasteiger partial charge in [-0.05, 0) is 43.0 Å². The van der Waals surface area contributed by atoms with Crippen molar-refractivity contribution in [3.63, 3.8) is 0 Å². The number of aliphatic hydroxyl groups is 1.